The van der Waals surface area contributed by atoms with Crippen LogP contribution in [0.2, 0.25) is 5.02 Å². The third-order valence-corrected chi connectivity index (χ3v) is 3.04. The van der Waals surface area contributed by atoms with Gasteiger partial charge in [0.2, 0.25) is 0 Å². The molecule has 0 saturated carbocycles. The molecule has 13 nitrogen and oxygen atoms in total. The van der Waals surface area contributed by atoms with Gasteiger partial charge in [0.15, 0.2) is 0 Å². The highest BCUT2D eigenvalue weighted by Crippen LogP contribution is 2.22. The minimum Gasteiger partial charge on any atom is -0.390 e. The maximum absolute atomic E-state index is 12.0. The Kier molecular flexibility index (Phi) is 5.28. The van der Waals surface area contributed by atoms with Gasteiger partial charge < -0.3 is 10.1 Å². The number of nitro benzene ring substituents is 1. The number of halogens is 1. The normalized spacial score (nSPS) is 11.2. The van der Waals surface area contributed by atoms with E-state index in [2.05, 4.69) is 25.9 Å². The molecule has 0 unspecified atom stereocenters. The standard InChI is InChI=1S/C11H9ClN8O5/c1-6(5-18-16-11(15-17-18)20(24)25)13-14-10(21)8-3-2-7(19(22)23)4-9(8)12/h2-4H,5H2,1H3,(H,14,21). The Hall–Kier alpha value is -3.48. The van der Waals surface area contributed by atoms with Gasteiger partial charge in [0, 0.05) is 17.3 Å². The second-order valence-electron chi connectivity index (χ2n) is 4.59. The summed E-state index contributed by atoms with van der Waals surface area (Å²) in [4.78, 5) is 32.6. The first-order chi connectivity index (χ1) is 11.8. The topological polar surface area (TPSA) is 171 Å². The fourth-order valence-electron chi connectivity index (χ4n) is 1.62. The second kappa shape index (κ2) is 7.39. The van der Waals surface area contributed by atoms with Gasteiger partial charge in [0.05, 0.1) is 31.4 Å². The van der Waals surface area contributed by atoms with Gasteiger partial charge in [0.25, 0.3) is 11.6 Å². The first-order valence-corrected chi connectivity index (χ1v) is 6.85. The zero-order chi connectivity index (χ0) is 18.6. The van der Waals surface area contributed by atoms with E-state index >= 15 is 0 Å². The molecule has 0 fully saturated rings. The van der Waals surface area contributed by atoms with E-state index < -0.39 is 21.7 Å². The fourth-order valence-corrected chi connectivity index (χ4v) is 1.88. The van der Waals surface area contributed by atoms with Crippen LogP contribution in [0.25, 0.3) is 0 Å². The molecule has 1 aromatic heterocycles. The Morgan fingerprint density at radius 1 is 1.36 bits per heavy atom. The number of nitrogens with zero attached hydrogens (tertiary/aromatic N) is 7. The molecule has 0 radical (unpaired) electrons. The van der Waals surface area contributed by atoms with Crippen LogP contribution in [-0.4, -0.2) is 41.7 Å². The smallest absolute Gasteiger partial charge is 0.390 e. The largest absolute Gasteiger partial charge is 0.514 e. The number of hydrazone groups is 1. The number of rotatable bonds is 6. The predicted octanol–water partition coefficient (Wildman–Crippen LogP) is 0.949. The summed E-state index contributed by atoms with van der Waals surface area (Å²) in [7, 11) is 0. The van der Waals surface area contributed by atoms with Gasteiger partial charge in [-0.15, -0.1) is 0 Å². The molecule has 1 aromatic carbocycles. The fraction of sp³-hybridized carbons (Fsp3) is 0.182. The molecule has 0 atom stereocenters. The minimum atomic E-state index is -0.797. The van der Waals surface area contributed by atoms with Crippen molar-refractivity contribution in [2.45, 2.75) is 13.5 Å². The van der Waals surface area contributed by atoms with Gasteiger partial charge in [-0.25, -0.2) is 5.43 Å². The summed E-state index contributed by atoms with van der Waals surface area (Å²) in [5.41, 5.74) is 2.28. The van der Waals surface area contributed by atoms with Gasteiger partial charge in [-0.05, 0) is 17.9 Å². The van der Waals surface area contributed by atoms with Gasteiger partial charge in [-0.2, -0.15) is 5.10 Å². The third kappa shape index (κ3) is 4.51. The molecule has 1 heterocycles. The van der Waals surface area contributed by atoms with Gasteiger partial charge in [-0.1, -0.05) is 16.4 Å². The van der Waals surface area contributed by atoms with Crippen molar-refractivity contribution in [2.75, 3.05) is 0 Å². The van der Waals surface area contributed by atoms with E-state index in [0.717, 1.165) is 16.9 Å². The summed E-state index contributed by atoms with van der Waals surface area (Å²) >= 11 is 5.84. The number of aromatic nitrogens is 4. The van der Waals surface area contributed by atoms with Crippen LogP contribution in [0.4, 0.5) is 11.6 Å². The molecule has 1 amide bonds. The van der Waals surface area contributed by atoms with Crippen LogP contribution in [0.1, 0.15) is 17.3 Å². The van der Waals surface area contributed by atoms with E-state index in [4.69, 9.17) is 11.6 Å². The summed E-state index contributed by atoms with van der Waals surface area (Å²) in [6.45, 7) is 1.47. The molecule has 0 saturated heterocycles. The van der Waals surface area contributed by atoms with Gasteiger partial charge in [-0.3, -0.25) is 14.9 Å². The lowest BCUT2D eigenvalue weighted by Gasteiger charge is -2.03. The van der Waals surface area contributed by atoms with E-state index in [-0.39, 0.29) is 22.8 Å². The molecular formula is C11H9ClN8O5. The molecule has 0 aliphatic heterocycles. The molecule has 0 aliphatic rings. The number of tetrazole rings is 1. The van der Waals surface area contributed by atoms with E-state index in [1.165, 1.54) is 13.0 Å². The van der Waals surface area contributed by atoms with Crippen molar-refractivity contribution in [2.24, 2.45) is 5.10 Å². The maximum atomic E-state index is 12.0. The highest BCUT2D eigenvalue weighted by atomic mass is 35.5. The SMILES string of the molecule is CC(Cn1nnc([N+](=O)[O-])n1)=NNC(=O)c1ccc([N+](=O)[O-])cc1Cl. The lowest BCUT2D eigenvalue weighted by molar-refractivity contribution is -0.394. The van der Waals surface area contributed by atoms with Crippen LogP contribution in [0.15, 0.2) is 23.3 Å². The molecule has 0 aliphatic carbocycles. The summed E-state index contributed by atoms with van der Waals surface area (Å²) < 4.78 is 0. The van der Waals surface area contributed by atoms with Gasteiger partial charge in [0.1, 0.15) is 6.54 Å². The monoisotopic (exact) mass is 368 g/mol. The molecule has 130 valence electrons. The van der Waals surface area contributed by atoms with Crippen molar-refractivity contribution in [3.63, 3.8) is 0 Å². The molecule has 0 bridgehead atoms. The Bertz CT molecular complexity index is 879. The minimum absolute atomic E-state index is 0.00154. The molecular weight excluding hydrogens is 360 g/mol. The molecule has 1 N–H and O–H groups in total. The average Bonchev–Trinajstić information content (AvgIpc) is 3.01. The van der Waals surface area contributed by atoms with E-state index in [9.17, 15) is 25.0 Å². The molecule has 0 spiro atoms. The number of amides is 1. The predicted molar refractivity (Wildman–Crippen MR) is 83.2 cm³/mol. The number of hydrogen-bond acceptors (Lipinski definition) is 9. The summed E-state index contributed by atoms with van der Waals surface area (Å²) in [6.07, 6.45) is 0. The van der Waals surface area contributed by atoms with Crippen molar-refractivity contribution < 1.29 is 14.6 Å². The number of hydrogen-bond donors (Lipinski definition) is 1. The Balaban J connectivity index is 2.03. The zero-order valence-corrected chi connectivity index (χ0v) is 13.2. The molecule has 25 heavy (non-hydrogen) atoms. The van der Waals surface area contributed by atoms with Gasteiger partial charge >= 0.3 is 5.95 Å². The number of benzene rings is 1. The highest BCUT2D eigenvalue weighted by molar-refractivity contribution is 6.34. The van der Waals surface area contributed by atoms with Crippen molar-refractivity contribution in [3.05, 3.63) is 49.0 Å². The molecule has 2 rings (SSSR count). The quantitative estimate of drug-likeness (QED) is 0.445. The first-order valence-electron chi connectivity index (χ1n) is 6.47. The van der Waals surface area contributed by atoms with Crippen molar-refractivity contribution in [1.29, 1.82) is 0 Å². The number of nitrogens with one attached hydrogen (secondary N) is 1. The van der Waals surface area contributed by atoms with Crippen molar-refractivity contribution in [3.8, 4) is 0 Å². The highest BCUT2D eigenvalue weighted by Gasteiger charge is 2.17. The molecule has 2 aromatic rings. The number of non-ortho nitro benzene ring substituents is 1. The number of nitro groups is 2. The second-order valence-corrected chi connectivity index (χ2v) is 4.99. The lowest BCUT2D eigenvalue weighted by Crippen LogP contribution is -2.21. The zero-order valence-electron chi connectivity index (χ0n) is 12.5. The van der Waals surface area contributed by atoms with E-state index in [1.54, 1.807) is 0 Å². The van der Waals surface area contributed by atoms with E-state index in [1.807, 2.05) is 0 Å². The number of carbonyl (C=O) groups is 1. The Morgan fingerprint density at radius 3 is 2.64 bits per heavy atom. The van der Waals surface area contributed by atoms with Crippen molar-refractivity contribution >= 4 is 34.9 Å². The Morgan fingerprint density at radius 2 is 2.08 bits per heavy atom. The lowest BCUT2D eigenvalue weighted by atomic mass is 10.2. The van der Waals surface area contributed by atoms with Crippen LogP contribution in [-0.2, 0) is 6.54 Å². The third-order valence-electron chi connectivity index (χ3n) is 2.73. The van der Waals surface area contributed by atoms with Crippen LogP contribution in [0.5, 0.6) is 0 Å². The maximum Gasteiger partial charge on any atom is 0.514 e. The van der Waals surface area contributed by atoms with Crippen LogP contribution < -0.4 is 5.43 Å². The first kappa shape index (κ1) is 17.9. The van der Waals surface area contributed by atoms with Crippen LogP contribution in [0, 0.1) is 20.2 Å². The van der Waals surface area contributed by atoms with Crippen molar-refractivity contribution in [1.82, 2.24) is 25.6 Å². The Labute approximate surface area is 143 Å². The van der Waals surface area contributed by atoms with E-state index in [0.29, 0.717) is 5.71 Å². The summed E-state index contributed by atoms with van der Waals surface area (Å²) in [5, 5.41) is 34.9. The summed E-state index contributed by atoms with van der Waals surface area (Å²) in [6, 6.07) is 3.38. The molecule has 14 heteroatoms. The van der Waals surface area contributed by atoms with Crippen LogP contribution in [0.3, 0.4) is 0 Å². The summed E-state index contributed by atoms with van der Waals surface area (Å²) in [5.74, 6) is -1.34. The van der Waals surface area contributed by atoms with Crippen LogP contribution >= 0.6 is 11.6 Å². The number of carbonyl (C=O) groups excluding carboxylic acids is 1. The average molecular weight is 369 g/mol.